The highest BCUT2D eigenvalue weighted by Crippen LogP contribution is 2.19. The lowest BCUT2D eigenvalue weighted by atomic mass is 10.1. The Labute approximate surface area is 121 Å². The third-order valence-corrected chi connectivity index (χ3v) is 3.13. The summed E-state index contributed by atoms with van der Waals surface area (Å²) < 4.78 is 0. The molecule has 0 unspecified atom stereocenters. The lowest BCUT2D eigenvalue weighted by Crippen LogP contribution is -2.15. The molecule has 1 aromatic carbocycles. The van der Waals surface area contributed by atoms with E-state index in [-0.39, 0.29) is 5.91 Å². The number of anilines is 2. The summed E-state index contributed by atoms with van der Waals surface area (Å²) in [5.74, 6) is 0.411. The number of fused-ring (bicyclic) bond motifs is 1. The fourth-order valence-corrected chi connectivity index (χ4v) is 2.07. The van der Waals surface area contributed by atoms with E-state index in [0.717, 1.165) is 10.9 Å². The normalized spacial score (nSPS) is 10.6. The van der Waals surface area contributed by atoms with E-state index >= 15 is 0 Å². The van der Waals surface area contributed by atoms with E-state index in [4.69, 9.17) is 0 Å². The standard InChI is InChI=1S/C15H15N5O/c1-20(2)15-17-7-10(8-18-15)19-14(21)12-9-16-13-6-4-3-5-11(12)13/h3-9,16H,1-2H3,(H,19,21). The summed E-state index contributed by atoms with van der Waals surface area (Å²) in [6.45, 7) is 0. The average molecular weight is 281 g/mol. The molecule has 0 aliphatic heterocycles. The highest BCUT2D eigenvalue weighted by Gasteiger charge is 2.12. The zero-order chi connectivity index (χ0) is 14.8. The van der Waals surface area contributed by atoms with Crippen molar-refractivity contribution in [3.8, 4) is 0 Å². The molecule has 21 heavy (non-hydrogen) atoms. The lowest BCUT2D eigenvalue weighted by molar-refractivity contribution is 0.102. The van der Waals surface area contributed by atoms with Crippen LogP contribution in [0.1, 0.15) is 10.4 Å². The fraction of sp³-hybridized carbons (Fsp3) is 0.133. The van der Waals surface area contributed by atoms with Crippen molar-refractivity contribution in [2.75, 3.05) is 24.3 Å². The maximum absolute atomic E-state index is 12.3. The summed E-state index contributed by atoms with van der Waals surface area (Å²) in [4.78, 5) is 25.5. The summed E-state index contributed by atoms with van der Waals surface area (Å²) in [7, 11) is 3.72. The van der Waals surface area contributed by atoms with Gasteiger partial charge in [0.1, 0.15) is 0 Å². The first-order chi connectivity index (χ1) is 10.1. The van der Waals surface area contributed by atoms with Crippen LogP contribution in [0, 0.1) is 0 Å². The first-order valence-electron chi connectivity index (χ1n) is 6.52. The second-order valence-electron chi connectivity index (χ2n) is 4.87. The molecule has 6 nitrogen and oxygen atoms in total. The van der Waals surface area contributed by atoms with Gasteiger partial charge in [-0.2, -0.15) is 0 Å². The molecule has 0 saturated heterocycles. The third kappa shape index (κ3) is 2.55. The molecule has 0 radical (unpaired) electrons. The fourth-order valence-electron chi connectivity index (χ4n) is 2.07. The minimum absolute atomic E-state index is 0.186. The van der Waals surface area contributed by atoms with Crippen molar-refractivity contribution in [3.05, 3.63) is 48.4 Å². The molecule has 0 spiro atoms. The average Bonchev–Trinajstić information content (AvgIpc) is 2.92. The molecule has 0 atom stereocenters. The van der Waals surface area contributed by atoms with Crippen molar-refractivity contribution in [2.45, 2.75) is 0 Å². The van der Waals surface area contributed by atoms with Gasteiger partial charge in [0.2, 0.25) is 5.95 Å². The zero-order valence-electron chi connectivity index (χ0n) is 11.8. The van der Waals surface area contributed by atoms with Gasteiger partial charge in [-0.1, -0.05) is 18.2 Å². The first kappa shape index (κ1) is 13.1. The molecule has 1 amide bonds. The Bertz CT molecular complexity index is 776. The van der Waals surface area contributed by atoms with Crippen LogP contribution in [0.15, 0.2) is 42.9 Å². The van der Waals surface area contributed by atoms with E-state index in [0.29, 0.717) is 17.2 Å². The van der Waals surface area contributed by atoms with Crippen LogP contribution in [0.2, 0.25) is 0 Å². The molecule has 0 fully saturated rings. The quantitative estimate of drug-likeness (QED) is 0.772. The number of aromatic amines is 1. The van der Waals surface area contributed by atoms with Crippen molar-refractivity contribution in [2.24, 2.45) is 0 Å². The van der Waals surface area contributed by atoms with Crippen molar-refractivity contribution < 1.29 is 4.79 Å². The number of aromatic nitrogens is 3. The van der Waals surface area contributed by atoms with Crippen molar-refractivity contribution in [3.63, 3.8) is 0 Å². The Morgan fingerprint density at radius 1 is 1.19 bits per heavy atom. The molecular weight excluding hydrogens is 266 g/mol. The summed E-state index contributed by atoms with van der Waals surface area (Å²) in [5.41, 5.74) is 2.10. The van der Waals surface area contributed by atoms with Gasteiger partial charge in [0.15, 0.2) is 0 Å². The smallest absolute Gasteiger partial charge is 0.257 e. The number of nitrogens with zero attached hydrogens (tertiary/aromatic N) is 3. The zero-order valence-corrected chi connectivity index (χ0v) is 11.8. The number of para-hydroxylation sites is 1. The minimum Gasteiger partial charge on any atom is -0.360 e. The Balaban J connectivity index is 1.83. The Morgan fingerprint density at radius 3 is 2.62 bits per heavy atom. The summed E-state index contributed by atoms with van der Waals surface area (Å²) in [5, 5.41) is 3.69. The van der Waals surface area contributed by atoms with Gasteiger partial charge in [-0.25, -0.2) is 9.97 Å². The van der Waals surface area contributed by atoms with Gasteiger partial charge < -0.3 is 15.2 Å². The largest absolute Gasteiger partial charge is 0.360 e. The third-order valence-electron chi connectivity index (χ3n) is 3.13. The molecular formula is C15H15N5O. The predicted molar refractivity (Wildman–Crippen MR) is 82.6 cm³/mol. The Kier molecular flexibility index (Phi) is 3.27. The van der Waals surface area contributed by atoms with Crippen molar-refractivity contribution in [1.29, 1.82) is 0 Å². The molecule has 0 aliphatic rings. The Hall–Kier alpha value is -2.89. The second kappa shape index (κ2) is 5.24. The van der Waals surface area contributed by atoms with Crippen molar-refractivity contribution in [1.82, 2.24) is 15.0 Å². The minimum atomic E-state index is -0.186. The maximum Gasteiger partial charge on any atom is 0.257 e. The number of benzene rings is 1. The van der Waals surface area contributed by atoms with Crippen LogP contribution in [0.3, 0.4) is 0 Å². The van der Waals surface area contributed by atoms with Crippen LogP contribution in [-0.4, -0.2) is 35.0 Å². The van der Waals surface area contributed by atoms with E-state index in [1.807, 2.05) is 38.4 Å². The summed E-state index contributed by atoms with van der Waals surface area (Å²) in [6.07, 6.45) is 4.89. The first-order valence-corrected chi connectivity index (χ1v) is 6.52. The monoisotopic (exact) mass is 281 g/mol. The number of carbonyl (C=O) groups is 1. The van der Waals surface area contributed by atoms with E-state index in [1.54, 1.807) is 23.5 Å². The molecule has 3 rings (SSSR count). The van der Waals surface area contributed by atoms with E-state index in [2.05, 4.69) is 20.3 Å². The molecule has 0 aliphatic carbocycles. The summed E-state index contributed by atoms with van der Waals surface area (Å²) in [6, 6.07) is 7.67. The number of hydrogen-bond donors (Lipinski definition) is 2. The van der Waals surface area contributed by atoms with Crippen LogP contribution in [0.25, 0.3) is 10.9 Å². The van der Waals surface area contributed by atoms with Gasteiger partial charge in [0.05, 0.1) is 23.6 Å². The molecule has 6 heteroatoms. The van der Waals surface area contributed by atoms with Crippen LogP contribution in [0.4, 0.5) is 11.6 Å². The topological polar surface area (TPSA) is 73.9 Å². The van der Waals surface area contributed by atoms with E-state index in [9.17, 15) is 4.79 Å². The molecule has 0 saturated carbocycles. The lowest BCUT2D eigenvalue weighted by Gasteiger charge is -2.10. The number of rotatable bonds is 3. The number of hydrogen-bond acceptors (Lipinski definition) is 4. The van der Waals surface area contributed by atoms with Crippen LogP contribution >= 0.6 is 0 Å². The van der Waals surface area contributed by atoms with Gasteiger partial charge in [0.25, 0.3) is 5.91 Å². The molecule has 2 aromatic heterocycles. The summed E-state index contributed by atoms with van der Waals surface area (Å²) >= 11 is 0. The number of amides is 1. The van der Waals surface area contributed by atoms with E-state index in [1.165, 1.54) is 0 Å². The van der Waals surface area contributed by atoms with E-state index < -0.39 is 0 Å². The second-order valence-corrected chi connectivity index (χ2v) is 4.87. The van der Waals surface area contributed by atoms with Crippen molar-refractivity contribution >= 4 is 28.4 Å². The van der Waals surface area contributed by atoms with Gasteiger partial charge >= 0.3 is 0 Å². The highest BCUT2D eigenvalue weighted by atomic mass is 16.1. The molecule has 0 bridgehead atoms. The number of H-pyrrole nitrogens is 1. The van der Waals surface area contributed by atoms with Crippen LogP contribution in [0.5, 0.6) is 0 Å². The predicted octanol–water partition coefficient (Wildman–Crippen LogP) is 2.28. The molecule has 2 N–H and O–H groups in total. The van der Waals surface area contributed by atoms with Crippen LogP contribution in [-0.2, 0) is 0 Å². The number of nitrogens with one attached hydrogen (secondary N) is 2. The molecule has 3 aromatic rings. The maximum atomic E-state index is 12.3. The SMILES string of the molecule is CN(C)c1ncc(NC(=O)c2c[nH]c3ccccc23)cn1. The Morgan fingerprint density at radius 2 is 1.90 bits per heavy atom. The van der Waals surface area contributed by atoms with Gasteiger partial charge in [-0.3, -0.25) is 4.79 Å². The van der Waals surface area contributed by atoms with Gasteiger partial charge in [0, 0.05) is 31.2 Å². The van der Waals surface area contributed by atoms with Gasteiger partial charge in [-0.05, 0) is 6.07 Å². The highest BCUT2D eigenvalue weighted by molar-refractivity contribution is 6.12. The molecule has 106 valence electrons. The molecule has 2 heterocycles. The number of carbonyl (C=O) groups excluding carboxylic acids is 1. The van der Waals surface area contributed by atoms with Gasteiger partial charge in [-0.15, -0.1) is 0 Å². The van der Waals surface area contributed by atoms with Crippen LogP contribution < -0.4 is 10.2 Å².